The molecule has 5 heteroatoms. The van der Waals surface area contributed by atoms with Crippen molar-refractivity contribution < 1.29 is 4.79 Å². The highest BCUT2D eigenvalue weighted by atomic mass is 16.1. The van der Waals surface area contributed by atoms with Crippen LogP contribution in [0.1, 0.15) is 19.5 Å². The molecule has 1 amide bonds. The molecule has 0 aliphatic rings. The van der Waals surface area contributed by atoms with Crippen molar-refractivity contribution in [2.24, 2.45) is 5.73 Å². The number of hydrogen-bond donors (Lipinski definition) is 3. The van der Waals surface area contributed by atoms with Crippen LogP contribution in [0.2, 0.25) is 0 Å². The predicted molar refractivity (Wildman–Crippen MR) is 48.7 cm³/mol. The average molecular weight is 182 g/mol. The molecule has 0 fully saturated rings. The number of nitrogens with zero attached hydrogens (tertiary/aromatic N) is 1. The third kappa shape index (κ3) is 2.55. The van der Waals surface area contributed by atoms with Gasteiger partial charge in [0.15, 0.2) is 0 Å². The molecule has 72 valence electrons. The molecule has 0 unspecified atom stereocenters. The average Bonchev–Trinajstić information content (AvgIpc) is 2.52. The smallest absolute Gasteiger partial charge is 0.237 e. The van der Waals surface area contributed by atoms with E-state index in [1.807, 2.05) is 0 Å². The van der Waals surface area contributed by atoms with Gasteiger partial charge in [-0.2, -0.15) is 0 Å². The first-order valence-corrected chi connectivity index (χ1v) is 4.04. The summed E-state index contributed by atoms with van der Waals surface area (Å²) in [7, 11) is 0. The number of imidazole rings is 1. The van der Waals surface area contributed by atoms with Crippen molar-refractivity contribution >= 4 is 5.91 Å². The molecule has 0 bridgehead atoms. The summed E-state index contributed by atoms with van der Waals surface area (Å²) in [4.78, 5) is 17.7. The molecule has 0 spiro atoms. The highest BCUT2D eigenvalue weighted by Crippen LogP contribution is 2.02. The molecule has 5 nitrogen and oxygen atoms in total. The summed E-state index contributed by atoms with van der Waals surface area (Å²) >= 11 is 0. The maximum absolute atomic E-state index is 10.9. The number of amides is 1. The number of nitrogens with two attached hydrogens (primary N) is 1. The molecule has 0 aliphatic heterocycles. The maximum Gasteiger partial charge on any atom is 0.237 e. The number of H-pyrrole nitrogens is 1. The number of aromatic nitrogens is 2. The Bertz CT molecular complexity index is 278. The zero-order chi connectivity index (χ0) is 9.90. The molecule has 0 aromatic carbocycles. The largest absolute Gasteiger partial charge is 0.368 e. The quantitative estimate of drug-likeness (QED) is 0.601. The summed E-state index contributed by atoms with van der Waals surface area (Å²) < 4.78 is 0. The number of aromatic amines is 1. The molecular formula is C8H14N4O. The van der Waals surface area contributed by atoms with Gasteiger partial charge in [-0.3, -0.25) is 10.1 Å². The van der Waals surface area contributed by atoms with E-state index in [0.717, 1.165) is 5.69 Å². The van der Waals surface area contributed by atoms with Gasteiger partial charge < -0.3 is 10.7 Å². The Labute approximate surface area is 76.7 Å². The van der Waals surface area contributed by atoms with Crippen LogP contribution >= 0.6 is 0 Å². The highest BCUT2D eigenvalue weighted by molar-refractivity contribution is 5.83. The van der Waals surface area contributed by atoms with Crippen LogP contribution in [0, 0.1) is 0 Å². The van der Waals surface area contributed by atoms with Crippen molar-refractivity contribution in [1.82, 2.24) is 15.3 Å². The second-order valence-corrected chi connectivity index (χ2v) is 3.42. The van der Waals surface area contributed by atoms with E-state index in [2.05, 4.69) is 15.3 Å². The van der Waals surface area contributed by atoms with E-state index in [9.17, 15) is 4.79 Å². The second-order valence-electron chi connectivity index (χ2n) is 3.42. The van der Waals surface area contributed by atoms with Crippen LogP contribution in [0.25, 0.3) is 0 Å². The van der Waals surface area contributed by atoms with Gasteiger partial charge in [0, 0.05) is 18.4 Å². The van der Waals surface area contributed by atoms with Crippen LogP contribution in [0.4, 0.5) is 0 Å². The standard InChI is InChI=1S/C8H14N4O/c1-8(2,7(9)13)12-4-6-3-10-5-11-6/h3,5,12H,4H2,1-2H3,(H2,9,13)(H,10,11). The Kier molecular flexibility index (Phi) is 2.67. The summed E-state index contributed by atoms with van der Waals surface area (Å²) in [6, 6.07) is 0. The van der Waals surface area contributed by atoms with E-state index in [1.165, 1.54) is 0 Å². The van der Waals surface area contributed by atoms with E-state index in [-0.39, 0.29) is 5.91 Å². The molecule has 0 aliphatic carbocycles. The first kappa shape index (κ1) is 9.73. The van der Waals surface area contributed by atoms with Gasteiger partial charge in [-0.25, -0.2) is 4.98 Å². The molecule has 1 aromatic rings. The van der Waals surface area contributed by atoms with E-state index in [1.54, 1.807) is 26.4 Å². The van der Waals surface area contributed by atoms with Crippen LogP contribution in [0.15, 0.2) is 12.5 Å². The van der Waals surface area contributed by atoms with Gasteiger partial charge in [-0.05, 0) is 13.8 Å². The third-order valence-corrected chi connectivity index (χ3v) is 1.89. The molecule has 1 rings (SSSR count). The minimum Gasteiger partial charge on any atom is -0.368 e. The molecule has 4 N–H and O–H groups in total. The Morgan fingerprint density at radius 3 is 2.92 bits per heavy atom. The Morgan fingerprint density at radius 2 is 2.46 bits per heavy atom. The fourth-order valence-electron chi connectivity index (χ4n) is 0.785. The van der Waals surface area contributed by atoms with E-state index >= 15 is 0 Å². The Balaban J connectivity index is 2.47. The molecule has 1 heterocycles. The van der Waals surface area contributed by atoms with Crippen LogP contribution in [-0.4, -0.2) is 21.4 Å². The Morgan fingerprint density at radius 1 is 1.77 bits per heavy atom. The fourth-order valence-corrected chi connectivity index (χ4v) is 0.785. The molecule has 1 aromatic heterocycles. The minimum atomic E-state index is -0.689. The molecule has 0 saturated carbocycles. The lowest BCUT2D eigenvalue weighted by Gasteiger charge is -2.21. The second kappa shape index (κ2) is 3.57. The number of carbonyl (C=O) groups is 1. The summed E-state index contributed by atoms with van der Waals surface area (Å²) in [5.74, 6) is -0.369. The lowest BCUT2D eigenvalue weighted by molar-refractivity contribution is -0.123. The molecule has 0 saturated heterocycles. The number of primary amides is 1. The van der Waals surface area contributed by atoms with Crippen molar-refractivity contribution in [3.8, 4) is 0 Å². The summed E-state index contributed by atoms with van der Waals surface area (Å²) in [6.45, 7) is 4.04. The zero-order valence-electron chi connectivity index (χ0n) is 7.79. The van der Waals surface area contributed by atoms with Crippen LogP contribution in [0.3, 0.4) is 0 Å². The van der Waals surface area contributed by atoms with Gasteiger partial charge in [0.2, 0.25) is 5.91 Å². The van der Waals surface area contributed by atoms with Gasteiger partial charge >= 0.3 is 0 Å². The fraction of sp³-hybridized carbons (Fsp3) is 0.500. The maximum atomic E-state index is 10.9. The third-order valence-electron chi connectivity index (χ3n) is 1.89. The van der Waals surface area contributed by atoms with E-state index in [0.29, 0.717) is 6.54 Å². The molecule has 0 radical (unpaired) electrons. The minimum absolute atomic E-state index is 0.369. The van der Waals surface area contributed by atoms with Crippen molar-refractivity contribution in [1.29, 1.82) is 0 Å². The van der Waals surface area contributed by atoms with Crippen molar-refractivity contribution in [3.05, 3.63) is 18.2 Å². The topological polar surface area (TPSA) is 83.8 Å². The number of carbonyl (C=O) groups excluding carboxylic acids is 1. The van der Waals surface area contributed by atoms with Crippen LogP contribution < -0.4 is 11.1 Å². The Hall–Kier alpha value is -1.36. The van der Waals surface area contributed by atoms with Gasteiger partial charge in [-0.1, -0.05) is 0 Å². The number of nitrogens with one attached hydrogen (secondary N) is 2. The van der Waals surface area contributed by atoms with Crippen LogP contribution in [-0.2, 0) is 11.3 Å². The van der Waals surface area contributed by atoms with E-state index < -0.39 is 5.54 Å². The normalized spacial score (nSPS) is 11.5. The summed E-state index contributed by atoms with van der Waals surface area (Å²) in [6.07, 6.45) is 3.29. The number of rotatable bonds is 4. The highest BCUT2D eigenvalue weighted by Gasteiger charge is 2.23. The van der Waals surface area contributed by atoms with Crippen LogP contribution in [0.5, 0.6) is 0 Å². The lowest BCUT2D eigenvalue weighted by atomic mass is 10.1. The SMILES string of the molecule is CC(C)(NCc1cnc[nH]1)C(N)=O. The monoisotopic (exact) mass is 182 g/mol. The van der Waals surface area contributed by atoms with Gasteiger partial charge in [-0.15, -0.1) is 0 Å². The molecular weight excluding hydrogens is 168 g/mol. The first-order chi connectivity index (χ1) is 6.02. The number of hydrogen-bond acceptors (Lipinski definition) is 3. The van der Waals surface area contributed by atoms with Crippen molar-refractivity contribution in [3.63, 3.8) is 0 Å². The van der Waals surface area contributed by atoms with Gasteiger partial charge in [0.25, 0.3) is 0 Å². The first-order valence-electron chi connectivity index (χ1n) is 4.04. The molecule has 0 atom stereocenters. The van der Waals surface area contributed by atoms with Crippen molar-refractivity contribution in [2.45, 2.75) is 25.9 Å². The van der Waals surface area contributed by atoms with Gasteiger partial charge in [0.1, 0.15) is 0 Å². The zero-order valence-corrected chi connectivity index (χ0v) is 7.79. The molecule has 13 heavy (non-hydrogen) atoms. The van der Waals surface area contributed by atoms with Crippen molar-refractivity contribution in [2.75, 3.05) is 0 Å². The van der Waals surface area contributed by atoms with Gasteiger partial charge in [0.05, 0.1) is 11.9 Å². The summed E-state index contributed by atoms with van der Waals surface area (Å²) in [5, 5.41) is 3.02. The predicted octanol–water partition coefficient (Wildman–Crippen LogP) is -0.237. The lowest BCUT2D eigenvalue weighted by Crippen LogP contribution is -2.50. The summed E-state index contributed by atoms with van der Waals surface area (Å²) in [5.41, 5.74) is 5.42. The van der Waals surface area contributed by atoms with E-state index in [4.69, 9.17) is 5.73 Å².